The van der Waals surface area contributed by atoms with Gasteiger partial charge in [0.05, 0.1) is 0 Å². The smallest absolute Gasteiger partial charge is 0.362 e. The Labute approximate surface area is 65.1 Å². The van der Waals surface area contributed by atoms with E-state index in [1.54, 1.807) is 0 Å². The normalized spacial score (nSPS) is 32.5. The first-order valence-electron chi connectivity index (χ1n) is 2.57. The lowest BCUT2D eigenvalue weighted by atomic mass is 10.2. The van der Waals surface area contributed by atoms with Gasteiger partial charge < -0.3 is 10.5 Å². The van der Waals surface area contributed by atoms with Crippen LogP contribution in [0.2, 0.25) is 0 Å². The predicted octanol–water partition coefficient (Wildman–Crippen LogP) is 0.725. The standard InChI is InChI=1S/C4H4ClF3N2O/c5-10-3(11,1-2-9-10)4(6,7)8/h1-2,9,11H. The zero-order valence-electron chi connectivity index (χ0n) is 5.06. The van der Waals surface area contributed by atoms with Crippen molar-refractivity contribution in [3.63, 3.8) is 0 Å². The van der Waals surface area contributed by atoms with Crippen molar-refractivity contribution in [3.8, 4) is 0 Å². The van der Waals surface area contributed by atoms with Gasteiger partial charge in [0, 0.05) is 18.0 Å². The van der Waals surface area contributed by atoms with E-state index in [0.717, 1.165) is 6.20 Å². The van der Waals surface area contributed by atoms with Crippen molar-refractivity contribution in [1.29, 1.82) is 0 Å². The number of nitrogens with zero attached hydrogens (tertiary/aromatic N) is 1. The van der Waals surface area contributed by atoms with Gasteiger partial charge in [0.1, 0.15) is 0 Å². The van der Waals surface area contributed by atoms with Crippen LogP contribution in [0.1, 0.15) is 0 Å². The fraction of sp³-hybridized carbons (Fsp3) is 0.500. The molecule has 0 saturated heterocycles. The lowest BCUT2D eigenvalue weighted by Crippen LogP contribution is -2.53. The van der Waals surface area contributed by atoms with E-state index in [0.29, 0.717) is 6.08 Å². The van der Waals surface area contributed by atoms with Crippen molar-refractivity contribution < 1.29 is 18.3 Å². The van der Waals surface area contributed by atoms with Crippen LogP contribution in [-0.4, -0.2) is 21.5 Å². The molecule has 1 heterocycles. The summed E-state index contributed by atoms with van der Waals surface area (Å²) in [5, 5.41) is 8.82. The van der Waals surface area contributed by atoms with Gasteiger partial charge in [0.2, 0.25) is 0 Å². The molecule has 0 aromatic carbocycles. The zero-order chi connectivity index (χ0) is 8.70. The van der Waals surface area contributed by atoms with E-state index < -0.39 is 11.9 Å². The maximum atomic E-state index is 11.9. The molecule has 7 heteroatoms. The number of halogens is 4. The summed E-state index contributed by atoms with van der Waals surface area (Å²) in [6, 6.07) is 0. The Bertz CT molecular complexity index is 194. The minimum Gasteiger partial charge on any atom is -0.362 e. The van der Waals surface area contributed by atoms with Gasteiger partial charge in [-0.05, 0) is 6.08 Å². The second-order valence-corrected chi connectivity index (χ2v) is 2.31. The zero-order valence-corrected chi connectivity index (χ0v) is 5.82. The lowest BCUT2D eigenvalue weighted by molar-refractivity contribution is -0.276. The summed E-state index contributed by atoms with van der Waals surface area (Å²) in [5.74, 6) is 0. The van der Waals surface area contributed by atoms with E-state index in [4.69, 9.17) is 16.9 Å². The lowest BCUT2D eigenvalue weighted by Gasteiger charge is -2.28. The molecule has 0 aromatic heterocycles. The van der Waals surface area contributed by atoms with Crippen molar-refractivity contribution in [2.45, 2.75) is 11.9 Å². The second-order valence-electron chi connectivity index (χ2n) is 1.97. The molecule has 1 aliphatic heterocycles. The van der Waals surface area contributed by atoms with Gasteiger partial charge in [0.25, 0.3) is 5.72 Å². The number of rotatable bonds is 0. The van der Waals surface area contributed by atoms with E-state index in [1.807, 2.05) is 5.43 Å². The first-order chi connectivity index (χ1) is 4.88. The first-order valence-corrected chi connectivity index (χ1v) is 2.91. The van der Waals surface area contributed by atoms with Crippen LogP contribution in [0.4, 0.5) is 13.2 Å². The summed E-state index contributed by atoms with van der Waals surface area (Å²) in [7, 11) is 0. The average Bonchev–Trinajstić information content (AvgIpc) is 2.12. The van der Waals surface area contributed by atoms with Crippen LogP contribution in [0.5, 0.6) is 0 Å². The molecule has 0 aliphatic carbocycles. The van der Waals surface area contributed by atoms with Gasteiger partial charge >= 0.3 is 6.18 Å². The number of hydrogen-bond acceptors (Lipinski definition) is 3. The Hall–Kier alpha value is -0.460. The molecule has 0 aromatic rings. The van der Waals surface area contributed by atoms with E-state index in [-0.39, 0.29) is 4.53 Å². The number of hydrazine groups is 1. The topological polar surface area (TPSA) is 35.5 Å². The van der Waals surface area contributed by atoms with Crippen molar-refractivity contribution in [2.75, 3.05) is 0 Å². The highest BCUT2D eigenvalue weighted by molar-refractivity contribution is 6.13. The second kappa shape index (κ2) is 2.26. The van der Waals surface area contributed by atoms with Crippen molar-refractivity contribution in [2.24, 2.45) is 0 Å². The largest absolute Gasteiger partial charge is 0.438 e. The minimum atomic E-state index is -4.81. The Morgan fingerprint density at radius 2 is 2.09 bits per heavy atom. The quantitative estimate of drug-likeness (QED) is 0.550. The Morgan fingerprint density at radius 1 is 1.55 bits per heavy atom. The van der Waals surface area contributed by atoms with Crippen molar-refractivity contribution in [1.82, 2.24) is 9.95 Å². The van der Waals surface area contributed by atoms with Gasteiger partial charge in [-0.15, -0.1) is 0 Å². The van der Waals surface area contributed by atoms with E-state index in [2.05, 4.69) is 0 Å². The molecule has 1 aliphatic rings. The maximum absolute atomic E-state index is 11.9. The summed E-state index contributed by atoms with van der Waals surface area (Å²) in [6.45, 7) is 0. The molecule has 1 rings (SSSR count). The van der Waals surface area contributed by atoms with Gasteiger partial charge in [-0.1, -0.05) is 4.53 Å². The fourth-order valence-electron chi connectivity index (χ4n) is 0.589. The Balaban J connectivity index is 2.90. The highest BCUT2D eigenvalue weighted by Crippen LogP contribution is 2.36. The highest BCUT2D eigenvalue weighted by Gasteiger charge is 2.58. The van der Waals surface area contributed by atoms with Gasteiger partial charge in [-0.3, -0.25) is 0 Å². The number of nitrogens with one attached hydrogen (secondary N) is 1. The van der Waals surface area contributed by atoms with Crippen LogP contribution in [0, 0.1) is 0 Å². The molecule has 1 unspecified atom stereocenters. The molecule has 0 amide bonds. The first kappa shape index (κ1) is 8.63. The van der Waals surface area contributed by atoms with Crippen LogP contribution in [0.25, 0.3) is 0 Å². The van der Waals surface area contributed by atoms with Crippen LogP contribution in [-0.2, 0) is 0 Å². The minimum absolute atomic E-state index is 0.0486. The Kier molecular flexibility index (Phi) is 1.78. The highest BCUT2D eigenvalue weighted by atomic mass is 35.5. The monoisotopic (exact) mass is 188 g/mol. The summed E-state index contributed by atoms with van der Waals surface area (Å²) < 4.78 is 35.8. The van der Waals surface area contributed by atoms with Gasteiger partial charge in [0.15, 0.2) is 0 Å². The molecule has 3 nitrogen and oxygen atoms in total. The summed E-state index contributed by atoms with van der Waals surface area (Å²) in [6.07, 6.45) is -3.39. The van der Waals surface area contributed by atoms with Crippen LogP contribution >= 0.6 is 11.8 Å². The van der Waals surface area contributed by atoms with Crippen LogP contribution in [0.15, 0.2) is 12.3 Å². The van der Waals surface area contributed by atoms with E-state index >= 15 is 0 Å². The third-order valence-electron chi connectivity index (χ3n) is 1.22. The molecule has 0 fully saturated rings. The molecular weight excluding hydrogens is 185 g/mol. The number of aliphatic hydroxyl groups is 1. The third kappa shape index (κ3) is 1.17. The predicted molar refractivity (Wildman–Crippen MR) is 31.0 cm³/mol. The maximum Gasteiger partial charge on any atom is 0.438 e. The molecule has 1 atom stereocenters. The van der Waals surface area contributed by atoms with Gasteiger partial charge in [-0.25, -0.2) is 0 Å². The SMILES string of the molecule is OC1(C(F)(F)F)C=CNN1Cl. The van der Waals surface area contributed by atoms with E-state index in [9.17, 15) is 13.2 Å². The fourth-order valence-corrected chi connectivity index (χ4v) is 0.797. The average molecular weight is 189 g/mol. The number of alkyl halides is 3. The molecule has 0 bridgehead atoms. The molecule has 2 N–H and O–H groups in total. The molecule has 0 saturated carbocycles. The Morgan fingerprint density at radius 3 is 2.27 bits per heavy atom. The van der Waals surface area contributed by atoms with Crippen molar-refractivity contribution >= 4 is 11.8 Å². The molecule has 0 spiro atoms. The van der Waals surface area contributed by atoms with Gasteiger partial charge in [-0.2, -0.15) is 13.2 Å². The summed E-state index contributed by atoms with van der Waals surface area (Å²) >= 11 is 4.99. The summed E-state index contributed by atoms with van der Waals surface area (Å²) in [4.78, 5) is 0. The molecule has 0 radical (unpaired) electrons. The molecule has 64 valence electrons. The molecular formula is C4H4ClF3N2O. The number of hydrogen-bond donors (Lipinski definition) is 2. The third-order valence-corrected chi connectivity index (χ3v) is 1.58. The van der Waals surface area contributed by atoms with Crippen molar-refractivity contribution in [3.05, 3.63) is 12.3 Å². The van der Waals surface area contributed by atoms with Crippen LogP contribution < -0.4 is 5.43 Å². The summed E-state index contributed by atoms with van der Waals surface area (Å²) in [5.41, 5.74) is -1.14. The van der Waals surface area contributed by atoms with Crippen LogP contribution in [0.3, 0.4) is 0 Å². The molecule has 11 heavy (non-hydrogen) atoms. The van der Waals surface area contributed by atoms with E-state index in [1.165, 1.54) is 0 Å².